The molecule has 1 aliphatic rings. The Balaban J connectivity index is 1.56. The maximum Gasteiger partial charge on any atom is 0.246 e. The molecule has 4 heteroatoms. The van der Waals surface area contributed by atoms with Gasteiger partial charge in [-0.1, -0.05) is 42.5 Å². The second-order valence-electron chi connectivity index (χ2n) is 7.09. The van der Waals surface area contributed by atoms with Crippen LogP contribution in [-0.4, -0.2) is 49.0 Å². The Kier molecular flexibility index (Phi) is 6.66. The number of ether oxygens (including phenoxy) is 1. The van der Waals surface area contributed by atoms with Crippen LogP contribution in [0.1, 0.15) is 24.0 Å². The van der Waals surface area contributed by atoms with Gasteiger partial charge in [-0.05, 0) is 49.2 Å². The van der Waals surface area contributed by atoms with Gasteiger partial charge in [0.2, 0.25) is 5.91 Å². The Labute approximate surface area is 162 Å². The van der Waals surface area contributed by atoms with Crippen molar-refractivity contribution in [1.29, 1.82) is 0 Å². The third kappa shape index (κ3) is 5.44. The van der Waals surface area contributed by atoms with E-state index in [0.29, 0.717) is 6.04 Å². The van der Waals surface area contributed by atoms with Crippen LogP contribution in [0.3, 0.4) is 0 Å². The minimum Gasteiger partial charge on any atom is -0.497 e. The van der Waals surface area contributed by atoms with E-state index in [1.165, 1.54) is 5.56 Å². The number of likely N-dealkylation sites (tertiary alicyclic amines) is 1. The lowest BCUT2D eigenvalue weighted by atomic mass is 10.0. The molecule has 1 atom stereocenters. The van der Waals surface area contributed by atoms with E-state index in [0.717, 1.165) is 43.8 Å². The highest BCUT2D eigenvalue weighted by Crippen LogP contribution is 2.18. The highest BCUT2D eigenvalue weighted by atomic mass is 16.5. The summed E-state index contributed by atoms with van der Waals surface area (Å²) in [5.74, 6) is 0.905. The second kappa shape index (κ2) is 9.38. The third-order valence-corrected chi connectivity index (χ3v) is 5.14. The molecule has 1 amide bonds. The first-order valence-electron chi connectivity index (χ1n) is 9.51. The molecule has 1 aliphatic heterocycles. The van der Waals surface area contributed by atoms with Gasteiger partial charge in [-0.2, -0.15) is 0 Å². The molecule has 1 saturated heterocycles. The fourth-order valence-electron chi connectivity index (χ4n) is 3.50. The van der Waals surface area contributed by atoms with Crippen LogP contribution < -0.4 is 4.74 Å². The SMILES string of the molecule is COc1ccc(/C=C/C(=O)N2CCC[C@@H](N(C)Cc3ccccc3)C2)cc1. The van der Waals surface area contributed by atoms with E-state index in [2.05, 4.69) is 36.2 Å². The summed E-state index contributed by atoms with van der Waals surface area (Å²) in [7, 11) is 3.80. The fourth-order valence-corrected chi connectivity index (χ4v) is 3.50. The molecule has 3 rings (SSSR count). The topological polar surface area (TPSA) is 32.8 Å². The number of nitrogens with zero attached hydrogens (tertiary/aromatic N) is 2. The standard InChI is InChI=1S/C23H28N2O2/c1-24(17-20-7-4-3-5-8-20)21-9-6-16-25(18-21)23(26)15-12-19-10-13-22(27-2)14-11-19/h3-5,7-8,10-15,21H,6,9,16-18H2,1-2H3/b15-12+/t21-/m1/s1. The van der Waals surface area contributed by atoms with Gasteiger partial charge in [-0.3, -0.25) is 9.69 Å². The molecule has 0 bridgehead atoms. The third-order valence-electron chi connectivity index (χ3n) is 5.14. The van der Waals surface area contributed by atoms with E-state index >= 15 is 0 Å². The minimum atomic E-state index is 0.0867. The Hall–Kier alpha value is -2.59. The van der Waals surface area contributed by atoms with Crippen molar-refractivity contribution in [2.75, 3.05) is 27.2 Å². The number of likely N-dealkylation sites (N-methyl/N-ethyl adjacent to an activating group) is 1. The molecule has 1 fully saturated rings. The zero-order valence-corrected chi connectivity index (χ0v) is 16.2. The van der Waals surface area contributed by atoms with Crippen molar-refractivity contribution in [3.63, 3.8) is 0 Å². The molecule has 0 aliphatic carbocycles. The van der Waals surface area contributed by atoms with Crippen LogP contribution in [0.15, 0.2) is 60.7 Å². The molecular weight excluding hydrogens is 336 g/mol. The van der Waals surface area contributed by atoms with Gasteiger partial charge in [0.1, 0.15) is 5.75 Å². The summed E-state index contributed by atoms with van der Waals surface area (Å²) in [6.07, 6.45) is 5.74. The number of amides is 1. The number of piperidine rings is 1. The van der Waals surface area contributed by atoms with Crippen molar-refractivity contribution in [3.05, 3.63) is 71.8 Å². The molecule has 0 unspecified atom stereocenters. The first kappa shape index (κ1) is 19.2. The molecular formula is C23H28N2O2. The molecule has 142 valence electrons. The van der Waals surface area contributed by atoms with Gasteiger partial charge >= 0.3 is 0 Å². The minimum absolute atomic E-state index is 0.0867. The fraction of sp³-hybridized carbons (Fsp3) is 0.348. The predicted molar refractivity (Wildman–Crippen MR) is 110 cm³/mol. The summed E-state index contributed by atoms with van der Waals surface area (Å²) >= 11 is 0. The smallest absolute Gasteiger partial charge is 0.246 e. The van der Waals surface area contributed by atoms with Crippen LogP contribution in [0, 0.1) is 0 Å². The van der Waals surface area contributed by atoms with Crippen molar-refractivity contribution in [3.8, 4) is 5.75 Å². The largest absolute Gasteiger partial charge is 0.497 e. The number of hydrogen-bond acceptors (Lipinski definition) is 3. The monoisotopic (exact) mass is 364 g/mol. The van der Waals surface area contributed by atoms with Crippen LogP contribution in [0.5, 0.6) is 5.75 Å². The van der Waals surface area contributed by atoms with Gasteiger partial charge in [-0.15, -0.1) is 0 Å². The van der Waals surface area contributed by atoms with Crippen LogP contribution in [0.25, 0.3) is 6.08 Å². The molecule has 4 nitrogen and oxygen atoms in total. The van der Waals surface area contributed by atoms with Gasteiger partial charge in [-0.25, -0.2) is 0 Å². The Bertz CT molecular complexity index is 756. The molecule has 1 heterocycles. The van der Waals surface area contributed by atoms with Crippen LogP contribution in [0.2, 0.25) is 0 Å². The number of methoxy groups -OCH3 is 1. The quantitative estimate of drug-likeness (QED) is 0.730. The molecule has 2 aromatic carbocycles. The van der Waals surface area contributed by atoms with Gasteiger partial charge in [0.25, 0.3) is 0 Å². The molecule has 2 aromatic rings. The molecule has 27 heavy (non-hydrogen) atoms. The second-order valence-corrected chi connectivity index (χ2v) is 7.09. The van der Waals surface area contributed by atoms with E-state index in [9.17, 15) is 4.79 Å². The average molecular weight is 364 g/mol. The van der Waals surface area contributed by atoms with Crippen LogP contribution in [0.4, 0.5) is 0 Å². The van der Waals surface area contributed by atoms with E-state index in [1.807, 2.05) is 41.3 Å². The molecule has 0 N–H and O–H groups in total. The van der Waals surface area contributed by atoms with E-state index in [4.69, 9.17) is 4.74 Å². The van der Waals surface area contributed by atoms with Crippen molar-refractivity contribution in [1.82, 2.24) is 9.80 Å². The Morgan fingerprint density at radius 3 is 2.63 bits per heavy atom. The first-order valence-corrected chi connectivity index (χ1v) is 9.51. The van der Waals surface area contributed by atoms with E-state index in [-0.39, 0.29) is 5.91 Å². The van der Waals surface area contributed by atoms with E-state index < -0.39 is 0 Å². The van der Waals surface area contributed by atoms with Crippen molar-refractivity contribution in [2.24, 2.45) is 0 Å². The highest BCUT2D eigenvalue weighted by Gasteiger charge is 2.25. The zero-order chi connectivity index (χ0) is 19.1. The molecule has 0 saturated carbocycles. The van der Waals surface area contributed by atoms with Crippen LogP contribution >= 0.6 is 0 Å². The van der Waals surface area contributed by atoms with Gasteiger partial charge in [0.05, 0.1) is 7.11 Å². The van der Waals surface area contributed by atoms with E-state index in [1.54, 1.807) is 13.2 Å². The summed E-state index contributed by atoms with van der Waals surface area (Å²) in [5, 5.41) is 0. The number of benzene rings is 2. The highest BCUT2D eigenvalue weighted by molar-refractivity contribution is 5.91. The molecule has 0 radical (unpaired) electrons. The number of hydrogen-bond donors (Lipinski definition) is 0. The number of rotatable bonds is 6. The van der Waals surface area contributed by atoms with Crippen molar-refractivity contribution < 1.29 is 9.53 Å². The number of carbonyl (C=O) groups is 1. The lowest BCUT2D eigenvalue weighted by Gasteiger charge is -2.37. The van der Waals surface area contributed by atoms with Gasteiger partial charge in [0, 0.05) is 31.8 Å². The lowest BCUT2D eigenvalue weighted by molar-refractivity contribution is -0.128. The number of carbonyl (C=O) groups excluding carboxylic acids is 1. The predicted octanol–water partition coefficient (Wildman–Crippen LogP) is 3.83. The zero-order valence-electron chi connectivity index (χ0n) is 16.2. The van der Waals surface area contributed by atoms with Crippen molar-refractivity contribution in [2.45, 2.75) is 25.4 Å². The summed E-state index contributed by atoms with van der Waals surface area (Å²) in [4.78, 5) is 16.9. The van der Waals surface area contributed by atoms with Gasteiger partial charge in [0.15, 0.2) is 0 Å². The maximum atomic E-state index is 12.6. The van der Waals surface area contributed by atoms with Crippen molar-refractivity contribution >= 4 is 12.0 Å². The first-order chi connectivity index (χ1) is 13.2. The van der Waals surface area contributed by atoms with Gasteiger partial charge < -0.3 is 9.64 Å². The summed E-state index contributed by atoms with van der Waals surface area (Å²) in [6.45, 7) is 2.53. The normalized spacial score (nSPS) is 17.4. The van der Waals surface area contributed by atoms with Crippen LogP contribution in [-0.2, 0) is 11.3 Å². The Morgan fingerprint density at radius 2 is 1.93 bits per heavy atom. The summed E-state index contributed by atoms with van der Waals surface area (Å²) in [5.41, 5.74) is 2.31. The molecule has 0 aromatic heterocycles. The summed E-state index contributed by atoms with van der Waals surface area (Å²) < 4.78 is 5.16. The molecule has 0 spiro atoms. The average Bonchev–Trinajstić information content (AvgIpc) is 2.73. The summed E-state index contributed by atoms with van der Waals surface area (Å²) in [6, 6.07) is 18.6. The Morgan fingerprint density at radius 1 is 1.19 bits per heavy atom. The maximum absolute atomic E-state index is 12.6. The lowest BCUT2D eigenvalue weighted by Crippen LogP contribution is -2.47.